The Morgan fingerprint density at radius 3 is 2.61 bits per heavy atom. The molecule has 1 rings (SSSR count). The zero-order chi connectivity index (χ0) is 16.4. The number of aliphatic imine (C=N–C) groups is 1. The molecule has 0 aromatic heterocycles. The van der Waals surface area contributed by atoms with Crippen molar-refractivity contribution in [3.8, 4) is 5.75 Å². The number of rotatable bonds is 8. The smallest absolute Gasteiger partial charge is 0.191 e. The van der Waals surface area contributed by atoms with Gasteiger partial charge in [-0.25, -0.2) is 0 Å². The van der Waals surface area contributed by atoms with Gasteiger partial charge in [0.15, 0.2) is 5.96 Å². The summed E-state index contributed by atoms with van der Waals surface area (Å²) in [7, 11) is 5.80. The maximum Gasteiger partial charge on any atom is 0.191 e. The van der Waals surface area contributed by atoms with Gasteiger partial charge in [0, 0.05) is 18.7 Å². The number of guanidine groups is 1. The van der Waals surface area contributed by atoms with E-state index in [9.17, 15) is 0 Å². The fraction of sp³-hybridized carbons (Fsp3) is 0.471. The Hall–Kier alpha value is -1.28. The zero-order valence-corrected chi connectivity index (χ0v) is 16.8. The molecule has 0 fully saturated rings. The largest absolute Gasteiger partial charge is 0.496 e. The van der Waals surface area contributed by atoms with Crippen molar-refractivity contribution >= 4 is 29.9 Å². The molecule has 2 N–H and O–H groups in total. The van der Waals surface area contributed by atoms with Gasteiger partial charge in [-0.3, -0.25) is 4.99 Å². The Kier molecular flexibility index (Phi) is 11.5. The molecule has 6 heteroatoms. The van der Waals surface area contributed by atoms with E-state index in [0.29, 0.717) is 13.1 Å². The van der Waals surface area contributed by atoms with Gasteiger partial charge in [-0.2, -0.15) is 0 Å². The molecule has 1 aromatic rings. The maximum atomic E-state index is 5.48. The van der Waals surface area contributed by atoms with E-state index < -0.39 is 0 Å². The van der Waals surface area contributed by atoms with Crippen LogP contribution in [0.1, 0.15) is 18.5 Å². The molecule has 0 saturated heterocycles. The number of nitrogens with zero attached hydrogens (tertiary/aromatic N) is 2. The third-order valence-electron chi connectivity index (χ3n) is 3.30. The van der Waals surface area contributed by atoms with Crippen LogP contribution in [0, 0.1) is 0 Å². The fourth-order valence-corrected chi connectivity index (χ4v) is 2.17. The third-order valence-corrected chi connectivity index (χ3v) is 3.30. The number of halogens is 1. The Labute approximate surface area is 157 Å². The van der Waals surface area contributed by atoms with Gasteiger partial charge in [-0.1, -0.05) is 24.3 Å². The standard InChI is InChI=1S/C17H28N4O.HI/c1-6-12-19-17(18-7-2)20-13-15(21(3)4)14-10-8-9-11-16(14)22-5;/h6,8-11,15H,1,7,12-13H2,2-5H3,(H2,18,19,20);1H. The second-order valence-electron chi connectivity index (χ2n) is 5.11. The first-order chi connectivity index (χ1) is 10.6. The summed E-state index contributed by atoms with van der Waals surface area (Å²) in [5.41, 5.74) is 1.14. The number of hydrogen-bond donors (Lipinski definition) is 2. The van der Waals surface area contributed by atoms with E-state index in [2.05, 4.69) is 54.2 Å². The lowest BCUT2D eigenvalue weighted by molar-refractivity contribution is 0.295. The van der Waals surface area contributed by atoms with E-state index in [1.807, 2.05) is 24.3 Å². The Bertz CT molecular complexity index is 491. The molecule has 5 nitrogen and oxygen atoms in total. The summed E-state index contributed by atoms with van der Waals surface area (Å²) in [5, 5.41) is 6.45. The van der Waals surface area contributed by atoms with Crippen LogP contribution in [0.3, 0.4) is 0 Å². The first kappa shape index (κ1) is 21.7. The Morgan fingerprint density at radius 2 is 2.04 bits per heavy atom. The van der Waals surface area contributed by atoms with Gasteiger partial charge in [-0.05, 0) is 27.1 Å². The molecule has 130 valence electrons. The van der Waals surface area contributed by atoms with Crippen LogP contribution in [0.15, 0.2) is 41.9 Å². The highest BCUT2D eigenvalue weighted by atomic mass is 127. The number of hydrogen-bond acceptors (Lipinski definition) is 3. The fourth-order valence-electron chi connectivity index (χ4n) is 2.17. The molecule has 0 amide bonds. The summed E-state index contributed by atoms with van der Waals surface area (Å²) in [4.78, 5) is 6.82. The molecular formula is C17H29IN4O. The van der Waals surface area contributed by atoms with E-state index >= 15 is 0 Å². The summed E-state index contributed by atoms with van der Waals surface area (Å²) < 4.78 is 5.48. The number of ether oxygens (including phenoxy) is 1. The molecule has 0 aliphatic carbocycles. The third kappa shape index (κ3) is 7.22. The van der Waals surface area contributed by atoms with Crippen molar-refractivity contribution in [2.75, 3.05) is 40.8 Å². The Morgan fingerprint density at radius 1 is 1.35 bits per heavy atom. The van der Waals surface area contributed by atoms with Crippen LogP contribution >= 0.6 is 24.0 Å². The van der Waals surface area contributed by atoms with Crippen molar-refractivity contribution < 1.29 is 4.74 Å². The van der Waals surface area contributed by atoms with Crippen LogP contribution in [0.25, 0.3) is 0 Å². The van der Waals surface area contributed by atoms with E-state index in [0.717, 1.165) is 23.8 Å². The van der Waals surface area contributed by atoms with Gasteiger partial charge < -0.3 is 20.3 Å². The number of para-hydroxylation sites is 1. The summed E-state index contributed by atoms with van der Waals surface area (Å²) >= 11 is 0. The highest BCUT2D eigenvalue weighted by Gasteiger charge is 2.17. The SMILES string of the molecule is C=CCNC(=NCC(c1ccccc1OC)N(C)C)NCC.I. The average molecular weight is 432 g/mol. The van der Waals surface area contributed by atoms with Gasteiger partial charge >= 0.3 is 0 Å². The molecule has 1 aromatic carbocycles. The summed E-state index contributed by atoms with van der Waals surface area (Å²) in [6.45, 7) is 7.92. The molecule has 0 bridgehead atoms. The Balaban J connectivity index is 0.00000484. The first-order valence-electron chi connectivity index (χ1n) is 7.56. The van der Waals surface area contributed by atoms with E-state index in [1.165, 1.54) is 0 Å². The second kappa shape index (κ2) is 12.2. The van der Waals surface area contributed by atoms with E-state index in [-0.39, 0.29) is 30.0 Å². The van der Waals surface area contributed by atoms with Gasteiger partial charge in [0.25, 0.3) is 0 Å². The van der Waals surface area contributed by atoms with E-state index in [4.69, 9.17) is 4.74 Å². The molecule has 1 unspecified atom stereocenters. The van der Waals surface area contributed by atoms with Crippen LogP contribution in [0.5, 0.6) is 5.75 Å². The second-order valence-corrected chi connectivity index (χ2v) is 5.11. The molecule has 0 radical (unpaired) electrons. The number of nitrogens with one attached hydrogen (secondary N) is 2. The summed E-state index contributed by atoms with van der Waals surface area (Å²) in [6.07, 6.45) is 1.82. The molecule has 0 aliphatic rings. The van der Waals surface area contributed by atoms with Gasteiger partial charge in [0.05, 0.1) is 19.7 Å². The lowest BCUT2D eigenvalue weighted by atomic mass is 10.0. The van der Waals surface area contributed by atoms with Crippen LogP contribution in [0.2, 0.25) is 0 Å². The van der Waals surface area contributed by atoms with Gasteiger partial charge in [-0.15, -0.1) is 30.6 Å². The lowest BCUT2D eigenvalue weighted by Gasteiger charge is -2.25. The highest BCUT2D eigenvalue weighted by Crippen LogP contribution is 2.27. The van der Waals surface area contributed by atoms with Gasteiger partial charge in [0.1, 0.15) is 5.75 Å². The van der Waals surface area contributed by atoms with Crippen molar-refractivity contribution in [3.05, 3.63) is 42.5 Å². The molecule has 1 atom stereocenters. The van der Waals surface area contributed by atoms with Crippen LogP contribution in [-0.4, -0.2) is 51.7 Å². The summed E-state index contributed by atoms with van der Waals surface area (Å²) in [6, 6.07) is 8.22. The molecule has 0 aliphatic heterocycles. The predicted molar refractivity (Wildman–Crippen MR) is 109 cm³/mol. The molecule has 0 heterocycles. The topological polar surface area (TPSA) is 48.9 Å². The van der Waals surface area contributed by atoms with Crippen LogP contribution in [-0.2, 0) is 0 Å². The van der Waals surface area contributed by atoms with Crippen molar-refractivity contribution in [3.63, 3.8) is 0 Å². The minimum absolute atomic E-state index is 0. The molecular weight excluding hydrogens is 403 g/mol. The van der Waals surface area contributed by atoms with Crippen molar-refractivity contribution in [2.45, 2.75) is 13.0 Å². The van der Waals surface area contributed by atoms with Crippen molar-refractivity contribution in [2.24, 2.45) is 4.99 Å². The first-order valence-corrected chi connectivity index (χ1v) is 7.56. The highest BCUT2D eigenvalue weighted by molar-refractivity contribution is 14.0. The average Bonchev–Trinajstić information content (AvgIpc) is 2.52. The normalized spacial score (nSPS) is 12.3. The number of likely N-dealkylation sites (N-methyl/N-ethyl adjacent to an activating group) is 1. The van der Waals surface area contributed by atoms with Crippen molar-refractivity contribution in [1.82, 2.24) is 15.5 Å². The minimum atomic E-state index is 0. The molecule has 0 spiro atoms. The van der Waals surface area contributed by atoms with E-state index in [1.54, 1.807) is 7.11 Å². The molecule has 0 saturated carbocycles. The molecule has 23 heavy (non-hydrogen) atoms. The monoisotopic (exact) mass is 432 g/mol. The minimum Gasteiger partial charge on any atom is -0.496 e. The maximum absolute atomic E-state index is 5.48. The quantitative estimate of drug-likeness (QED) is 0.287. The lowest BCUT2D eigenvalue weighted by Crippen LogP contribution is -2.38. The summed E-state index contributed by atoms with van der Waals surface area (Å²) in [5.74, 6) is 1.68. The number of benzene rings is 1. The van der Waals surface area contributed by atoms with Crippen molar-refractivity contribution in [1.29, 1.82) is 0 Å². The van der Waals surface area contributed by atoms with Crippen LogP contribution in [0.4, 0.5) is 0 Å². The number of methoxy groups -OCH3 is 1. The van der Waals surface area contributed by atoms with Crippen LogP contribution < -0.4 is 15.4 Å². The predicted octanol–water partition coefficient (Wildman–Crippen LogP) is 2.66. The zero-order valence-electron chi connectivity index (χ0n) is 14.5. The van der Waals surface area contributed by atoms with Gasteiger partial charge in [0.2, 0.25) is 0 Å².